The van der Waals surface area contributed by atoms with Gasteiger partial charge in [0.25, 0.3) is 11.7 Å². The minimum Gasteiger partial charge on any atom is -0.318 e. The predicted molar refractivity (Wildman–Crippen MR) is 51.9 cm³/mol. The molecule has 0 saturated carbocycles. The van der Waals surface area contributed by atoms with Gasteiger partial charge in [0.15, 0.2) is 0 Å². The van der Waals surface area contributed by atoms with Crippen molar-refractivity contribution in [3.8, 4) is 0 Å². The highest BCUT2D eigenvalue weighted by Crippen LogP contribution is 2.12. The lowest BCUT2D eigenvalue weighted by Crippen LogP contribution is -2.17. The third-order valence-corrected chi connectivity index (χ3v) is 1.34. The highest BCUT2D eigenvalue weighted by molar-refractivity contribution is 6.47. The Labute approximate surface area is 77.8 Å². The van der Waals surface area contributed by atoms with Gasteiger partial charge in [0.05, 0.1) is 5.70 Å². The van der Waals surface area contributed by atoms with Crippen molar-refractivity contribution in [1.29, 1.82) is 0 Å². The van der Waals surface area contributed by atoms with Crippen LogP contribution >= 0.6 is 0 Å². The summed E-state index contributed by atoms with van der Waals surface area (Å²) in [5, 5.41) is 2.36. The van der Waals surface area contributed by atoms with E-state index in [0.717, 1.165) is 0 Å². The number of amides is 1. The lowest BCUT2D eigenvalue weighted by Gasteiger charge is -1.91. The van der Waals surface area contributed by atoms with Gasteiger partial charge in [0.1, 0.15) is 0 Å². The fourth-order valence-electron chi connectivity index (χ4n) is 0.774. The smallest absolute Gasteiger partial charge is 0.296 e. The highest BCUT2D eigenvalue weighted by Gasteiger charge is 2.28. The zero-order chi connectivity index (χ0) is 10.4. The second-order valence-corrected chi connectivity index (χ2v) is 2.08. The molecular formula is C10H13NO2. The number of allylic oxidation sites excluding steroid dienone is 3. The van der Waals surface area contributed by atoms with E-state index >= 15 is 0 Å². The van der Waals surface area contributed by atoms with Crippen molar-refractivity contribution >= 4 is 11.7 Å². The molecule has 3 heteroatoms. The Bertz CT molecular complexity index is 287. The summed E-state index contributed by atoms with van der Waals surface area (Å²) in [4.78, 5) is 21.5. The summed E-state index contributed by atoms with van der Waals surface area (Å²) in [7, 11) is 0. The van der Waals surface area contributed by atoms with Crippen LogP contribution in [-0.2, 0) is 9.59 Å². The van der Waals surface area contributed by atoms with Crippen molar-refractivity contribution in [2.45, 2.75) is 13.8 Å². The van der Waals surface area contributed by atoms with Gasteiger partial charge in [-0.25, -0.2) is 0 Å². The topological polar surface area (TPSA) is 46.2 Å². The molecule has 70 valence electrons. The Morgan fingerprint density at radius 2 is 1.85 bits per heavy atom. The van der Waals surface area contributed by atoms with Crippen LogP contribution in [0.15, 0.2) is 36.6 Å². The molecule has 0 aromatic carbocycles. The summed E-state index contributed by atoms with van der Waals surface area (Å²) < 4.78 is 0. The van der Waals surface area contributed by atoms with Crippen molar-refractivity contribution in [3.63, 3.8) is 0 Å². The molecule has 0 atom stereocenters. The van der Waals surface area contributed by atoms with E-state index in [-0.39, 0.29) is 5.57 Å². The Balaban J connectivity index is 0.000000671. The van der Waals surface area contributed by atoms with E-state index < -0.39 is 11.7 Å². The first kappa shape index (κ1) is 11.4. The van der Waals surface area contributed by atoms with E-state index in [1.807, 2.05) is 13.8 Å². The zero-order valence-corrected chi connectivity index (χ0v) is 7.89. The predicted octanol–water partition coefficient (Wildman–Crippen LogP) is 1.34. The average molecular weight is 179 g/mol. The van der Waals surface area contributed by atoms with E-state index in [1.54, 1.807) is 0 Å². The molecule has 1 saturated heterocycles. The summed E-state index contributed by atoms with van der Waals surface area (Å²) in [6.45, 7) is 10.9. The molecule has 0 aromatic rings. The van der Waals surface area contributed by atoms with E-state index in [9.17, 15) is 9.59 Å². The van der Waals surface area contributed by atoms with Crippen LogP contribution in [0.4, 0.5) is 0 Å². The number of nitrogens with one attached hydrogen (secondary N) is 1. The standard InChI is InChI=1S/C8H7NO2.C2H6/c1-3-4-6-5(2)7(10)8(11)9-6;1-2/h3-4H,1-2H2,(H,9,11);1-2H3/b6-4+;. The van der Waals surface area contributed by atoms with Crippen LogP contribution < -0.4 is 5.32 Å². The van der Waals surface area contributed by atoms with E-state index in [1.165, 1.54) is 12.2 Å². The summed E-state index contributed by atoms with van der Waals surface area (Å²) in [5.41, 5.74) is 0.643. The quantitative estimate of drug-likeness (QED) is 0.487. The maximum Gasteiger partial charge on any atom is 0.296 e. The molecule has 3 nitrogen and oxygen atoms in total. The minimum absolute atomic E-state index is 0.204. The number of hydrogen-bond acceptors (Lipinski definition) is 2. The molecule has 0 unspecified atom stereocenters. The first-order chi connectivity index (χ1) is 6.16. The molecule has 1 aliphatic rings. The summed E-state index contributed by atoms with van der Waals surface area (Å²) in [5.74, 6) is -1.19. The molecule has 1 heterocycles. The number of hydrogen-bond donors (Lipinski definition) is 1. The van der Waals surface area contributed by atoms with Crippen LogP contribution in [0.3, 0.4) is 0 Å². The number of carbonyl (C=O) groups is 2. The first-order valence-corrected chi connectivity index (χ1v) is 4.04. The Hall–Kier alpha value is -1.64. The summed E-state index contributed by atoms with van der Waals surface area (Å²) >= 11 is 0. The van der Waals surface area contributed by atoms with Crippen molar-refractivity contribution < 1.29 is 9.59 Å². The molecule has 1 rings (SSSR count). The van der Waals surface area contributed by atoms with Crippen molar-refractivity contribution in [3.05, 3.63) is 36.6 Å². The number of rotatable bonds is 1. The molecule has 0 aromatic heterocycles. The van der Waals surface area contributed by atoms with Crippen LogP contribution in [0.2, 0.25) is 0 Å². The second-order valence-electron chi connectivity index (χ2n) is 2.08. The largest absolute Gasteiger partial charge is 0.318 e. The Kier molecular flexibility index (Phi) is 4.44. The van der Waals surface area contributed by atoms with E-state index in [0.29, 0.717) is 5.70 Å². The molecule has 13 heavy (non-hydrogen) atoms. The van der Waals surface area contributed by atoms with Gasteiger partial charge in [0, 0.05) is 5.57 Å². The molecule has 1 fully saturated rings. The first-order valence-electron chi connectivity index (χ1n) is 4.04. The van der Waals surface area contributed by atoms with Gasteiger partial charge in [-0.15, -0.1) is 0 Å². The van der Waals surface area contributed by atoms with Crippen molar-refractivity contribution in [1.82, 2.24) is 5.32 Å². The minimum atomic E-state index is -0.622. The fourth-order valence-corrected chi connectivity index (χ4v) is 0.774. The molecule has 0 spiro atoms. The number of carbonyl (C=O) groups excluding carboxylic acids is 2. The van der Waals surface area contributed by atoms with Crippen LogP contribution in [0.5, 0.6) is 0 Å². The van der Waals surface area contributed by atoms with Crippen LogP contribution in [0.1, 0.15) is 13.8 Å². The van der Waals surface area contributed by atoms with Gasteiger partial charge in [0.2, 0.25) is 0 Å². The lowest BCUT2D eigenvalue weighted by atomic mass is 10.2. The molecule has 1 amide bonds. The average Bonchev–Trinajstić information content (AvgIpc) is 2.38. The van der Waals surface area contributed by atoms with E-state index in [4.69, 9.17) is 0 Å². The summed E-state index contributed by atoms with van der Waals surface area (Å²) in [6, 6.07) is 0. The van der Waals surface area contributed by atoms with Gasteiger partial charge in [-0.2, -0.15) is 0 Å². The molecule has 0 aliphatic carbocycles. The maximum atomic E-state index is 10.8. The van der Waals surface area contributed by atoms with Crippen molar-refractivity contribution in [2.24, 2.45) is 0 Å². The van der Waals surface area contributed by atoms with Crippen molar-refractivity contribution in [2.75, 3.05) is 0 Å². The molecule has 0 bridgehead atoms. The third-order valence-electron chi connectivity index (χ3n) is 1.34. The van der Waals surface area contributed by atoms with Gasteiger partial charge in [-0.1, -0.05) is 33.1 Å². The number of ketones is 1. The van der Waals surface area contributed by atoms with Crippen LogP contribution in [-0.4, -0.2) is 11.7 Å². The van der Waals surface area contributed by atoms with E-state index in [2.05, 4.69) is 18.5 Å². The SMILES string of the molecule is C=C/C=C1/NC(=O)C(=O)C1=C.CC. The fraction of sp³-hybridized carbons (Fsp3) is 0.200. The summed E-state index contributed by atoms with van der Waals surface area (Å²) in [6.07, 6.45) is 3.02. The molecular weight excluding hydrogens is 166 g/mol. The third kappa shape index (κ3) is 2.40. The maximum absolute atomic E-state index is 10.8. The lowest BCUT2D eigenvalue weighted by molar-refractivity contribution is -0.133. The Morgan fingerprint density at radius 1 is 1.31 bits per heavy atom. The second kappa shape index (κ2) is 5.09. The van der Waals surface area contributed by atoms with Gasteiger partial charge < -0.3 is 5.32 Å². The van der Waals surface area contributed by atoms with Gasteiger partial charge >= 0.3 is 0 Å². The number of Topliss-reactive ketones (excluding diaryl/α,β-unsaturated/α-hetero) is 1. The van der Waals surface area contributed by atoms with Gasteiger partial charge in [-0.3, -0.25) is 9.59 Å². The molecule has 1 N–H and O–H groups in total. The Morgan fingerprint density at radius 3 is 2.15 bits per heavy atom. The molecule has 1 aliphatic heterocycles. The highest BCUT2D eigenvalue weighted by atomic mass is 16.2. The zero-order valence-electron chi connectivity index (χ0n) is 7.89. The normalized spacial score (nSPS) is 18.0. The van der Waals surface area contributed by atoms with Crippen LogP contribution in [0.25, 0.3) is 0 Å². The monoisotopic (exact) mass is 179 g/mol. The van der Waals surface area contributed by atoms with Gasteiger partial charge in [-0.05, 0) is 6.08 Å². The van der Waals surface area contributed by atoms with Crippen LogP contribution in [0, 0.1) is 0 Å². The molecule has 0 radical (unpaired) electrons.